The third-order valence-electron chi connectivity index (χ3n) is 2.34. The van der Waals surface area contributed by atoms with Gasteiger partial charge in [0.05, 0.1) is 6.61 Å². The van der Waals surface area contributed by atoms with E-state index in [9.17, 15) is 13.6 Å². The van der Waals surface area contributed by atoms with Crippen molar-refractivity contribution in [3.05, 3.63) is 47.5 Å². The highest BCUT2D eigenvalue weighted by molar-refractivity contribution is 5.76. The molecule has 0 aliphatic heterocycles. The fourth-order valence-corrected chi connectivity index (χ4v) is 1.37. The molecule has 0 heterocycles. The Morgan fingerprint density at radius 2 is 1.75 bits per heavy atom. The largest absolute Gasteiger partial charge is 0.392 e. The summed E-state index contributed by atoms with van der Waals surface area (Å²) in [5.41, 5.74) is 0.934. The van der Waals surface area contributed by atoms with Crippen LogP contribution in [0, 0.1) is 11.6 Å². The van der Waals surface area contributed by atoms with Gasteiger partial charge < -0.3 is 10.4 Å². The number of aliphatic hydroxyl groups excluding tert-OH is 1. The van der Waals surface area contributed by atoms with Crippen molar-refractivity contribution in [1.29, 1.82) is 0 Å². The fraction of sp³-hybridized carbons (Fsp3) is 0.400. The molecule has 0 saturated carbocycles. The van der Waals surface area contributed by atoms with Crippen LogP contribution in [-0.4, -0.2) is 17.6 Å². The molecule has 0 saturated heterocycles. The number of hydrogen-bond donors (Lipinski definition) is 2. The quantitative estimate of drug-likeness (QED) is 0.790. The highest BCUT2D eigenvalue weighted by Crippen LogP contribution is 2.08. The normalized spacial score (nSPS) is 9.45. The SMILES string of the molecule is C=C(CO)CCC(=O)NCc1cc(F)cc(F)c1.CC. The van der Waals surface area contributed by atoms with Crippen LogP contribution >= 0.6 is 0 Å². The first-order valence-corrected chi connectivity index (χ1v) is 6.50. The Labute approximate surface area is 118 Å². The minimum Gasteiger partial charge on any atom is -0.392 e. The van der Waals surface area contributed by atoms with Gasteiger partial charge in [-0.1, -0.05) is 26.0 Å². The summed E-state index contributed by atoms with van der Waals surface area (Å²) in [4.78, 5) is 11.4. The highest BCUT2D eigenvalue weighted by Gasteiger charge is 2.04. The van der Waals surface area contributed by atoms with Gasteiger partial charge in [0.25, 0.3) is 0 Å². The number of carbonyl (C=O) groups excluding carboxylic acids is 1. The van der Waals surface area contributed by atoms with Crippen molar-refractivity contribution in [2.75, 3.05) is 6.61 Å². The molecule has 1 rings (SSSR count). The van der Waals surface area contributed by atoms with Crippen molar-refractivity contribution < 1.29 is 18.7 Å². The van der Waals surface area contributed by atoms with Gasteiger partial charge >= 0.3 is 0 Å². The average molecular weight is 285 g/mol. The summed E-state index contributed by atoms with van der Waals surface area (Å²) in [5, 5.41) is 11.2. The molecule has 20 heavy (non-hydrogen) atoms. The second-order valence-corrected chi connectivity index (χ2v) is 3.96. The number of benzene rings is 1. The first-order chi connectivity index (χ1) is 9.51. The Morgan fingerprint density at radius 1 is 1.20 bits per heavy atom. The molecule has 2 N–H and O–H groups in total. The Bertz CT molecular complexity index is 427. The van der Waals surface area contributed by atoms with Gasteiger partial charge in [-0.15, -0.1) is 0 Å². The minimum absolute atomic E-state index is 0.0686. The summed E-state index contributed by atoms with van der Waals surface area (Å²) in [5.74, 6) is -1.60. The number of hydrogen-bond acceptors (Lipinski definition) is 2. The van der Waals surface area contributed by atoms with Crippen LogP contribution in [0.4, 0.5) is 8.78 Å². The van der Waals surface area contributed by atoms with Gasteiger partial charge in [0.1, 0.15) is 11.6 Å². The second kappa shape index (κ2) is 10.1. The fourth-order valence-electron chi connectivity index (χ4n) is 1.37. The first-order valence-electron chi connectivity index (χ1n) is 6.50. The van der Waals surface area contributed by atoms with Crippen molar-refractivity contribution in [1.82, 2.24) is 5.32 Å². The smallest absolute Gasteiger partial charge is 0.220 e. The van der Waals surface area contributed by atoms with Gasteiger partial charge in [0.15, 0.2) is 0 Å². The number of aliphatic hydroxyl groups is 1. The molecule has 0 unspecified atom stereocenters. The summed E-state index contributed by atoms with van der Waals surface area (Å²) in [7, 11) is 0. The molecule has 0 atom stereocenters. The molecular formula is C15H21F2NO2. The maximum atomic E-state index is 12.9. The van der Waals surface area contributed by atoms with Crippen LogP contribution in [0.2, 0.25) is 0 Å². The van der Waals surface area contributed by atoms with E-state index in [0.29, 0.717) is 17.6 Å². The minimum atomic E-state index is -0.673. The lowest BCUT2D eigenvalue weighted by Gasteiger charge is -2.06. The summed E-state index contributed by atoms with van der Waals surface area (Å²) < 4.78 is 25.7. The van der Waals surface area contributed by atoms with E-state index in [-0.39, 0.29) is 25.5 Å². The lowest BCUT2D eigenvalue weighted by atomic mass is 10.1. The second-order valence-electron chi connectivity index (χ2n) is 3.96. The Hall–Kier alpha value is -1.75. The molecular weight excluding hydrogens is 264 g/mol. The molecule has 0 spiro atoms. The van der Waals surface area contributed by atoms with Crippen LogP contribution in [0.25, 0.3) is 0 Å². The molecule has 0 aromatic heterocycles. The van der Waals surface area contributed by atoms with Gasteiger partial charge in [0.2, 0.25) is 5.91 Å². The van der Waals surface area contributed by atoms with Crippen LogP contribution in [0.1, 0.15) is 32.3 Å². The number of halogens is 2. The van der Waals surface area contributed by atoms with Crippen LogP contribution in [-0.2, 0) is 11.3 Å². The topological polar surface area (TPSA) is 49.3 Å². The zero-order valence-electron chi connectivity index (χ0n) is 11.9. The monoisotopic (exact) mass is 285 g/mol. The predicted octanol–water partition coefficient (Wildman–Crippen LogP) is 2.94. The van der Waals surface area contributed by atoms with Gasteiger partial charge in [-0.2, -0.15) is 0 Å². The van der Waals surface area contributed by atoms with Crippen LogP contribution < -0.4 is 5.32 Å². The van der Waals surface area contributed by atoms with Crippen LogP contribution in [0.3, 0.4) is 0 Å². The van der Waals surface area contributed by atoms with E-state index in [2.05, 4.69) is 11.9 Å². The molecule has 1 aromatic carbocycles. The third-order valence-corrected chi connectivity index (χ3v) is 2.34. The number of rotatable bonds is 6. The maximum absolute atomic E-state index is 12.9. The highest BCUT2D eigenvalue weighted by atomic mass is 19.1. The number of nitrogens with one attached hydrogen (secondary N) is 1. The van der Waals surface area contributed by atoms with Crippen molar-refractivity contribution >= 4 is 5.91 Å². The van der Waals surface area contributed by atoms with E-state index >= 15 is 0 Å². The lowest BCUT2D eigenvalue weighted by Crippen LogP contribution is -2.22. The molecule has 0 aliphatic rings. The van der Waals surface area contributed by atoms with E-state index < -0.39 is 11.6 Å². The maximum Gasteiger partial charge on any atom is 0.220 e. The number of carbonyl (C=O) groups is 1. The molecule has 112 valence electrons. The van der Waals surface area contributed by atoms with Crippen molar-refractivity contribution in [3.8, 4) is 0 Å². The van der Waals surface area contributed by atoms with E-state index in [1.807, 2.05) is 13.8 Å². The average Bonchev–Trinajstić information content (AvgIpc) is 2.43. The Balaban J connectivity index is 0.00000172. The number of amides is 1. The molecule has 1 aromatic rings. The zero-order chi connectivity index (χ0) is 15.5. The van der Waals surface area contributed by atoms with E-state index in [0.717, 1.165) is 18.2 Å². The van der Waals surface area contributed by atoms with Crippen molar-refractivity contribution in [2.45, 2.75) is 33.2 Å². The van der Waals surface area contributed by atoms with Crippen molar-refractivity contribution in [2.24, 2.45) is 0 Å². The summed E-state index contributed by atoms with van der Waals surface area (Å²) in [6.07, 6.45) is 0.580. The summed E-state index contributed by atoms with van der Waals surface area (Å²) in [6, 6.07) is 3.10. The molecule has 5 heteroatoms. The zero-order valence-corrected chi connectivity index (χ0v) is 11.9. The standard InChI is InChI=1S/C13H15F2NO2.C2H6/c1-9(8-17)2-3-13(18)16-7-10-4-11(14)6-12(15)5-10;1-2/h4-6,17H,1-3,7-8H2,(H,16,18);1-2H3. The van der Waals surface area contributed by atoms with Crippen molar-refractivity contribution in [3.63, 3.8) is 0 Å². The Morgan fingerprint density at radius 3 is 2.25 bits per heavy atom. The van der Waals surface area contributed by atoms with Gasteiger partial charge in [-0.3, -0.25) is 4.79 Å². The molecule has 0 aliphatic carbocycles. The molecule has 1 amide bonds. The van der Waals surface area contributed by atoms with E-state index in [1.165, 1.54) is 0 Å². The van der Waals surface area contributed by atoms with Gasteiger partial charge in [0, 0.05) is 19.0 Å². The molecule has 0 bridgehead atoms. The molecule has 3 nitrogen and oxygen atoms in total. The predicted molar refractivity (Wildman–Crippen MR) is 75.0 cm³/mol. The van der Waals surface area contributed by atoms with Crippen LogP contribution in [0.15, 0.2) is 30.4 Å². The van der Waals surface area contributed by atoms with Gasteiger partial charge in [-0.25, -0.2) is 8.78 Å². The Kier molecular flexibility index (Phi) is 9.20. The van der Waals surface area contributed by atoms with Gasteiger partial charge in [-0.05, 0) is 24.1 Å². The molecule has 0 radical (unpaired) electrons. The lowest BCUT2D eigenvalue weighted by molar-refractivity contribution is -0.121. The third kappa shape index (κ3) is 7.63. The first kappa shape index (κ1) is 18.2. The summed E-state index contributed by atoms with van der Waals surface area (Å²) >= 11 is 0. The summed E-state index contributed by atoms with van der Waals surface area (Å²) in [6.45, 7) is 7.48. The van der Waals surface area contributed by atoms with Crippen LogP contribution in [0.5, 0.6) is 0 Å². The molecule has 0 fully saturated rings. The van der Waals surface area contributed by atoms with E-state index in [4.69, 9.17) is 5.11 Å². The van der Waals surface area contributed by atoms with E-state index in [1.54, 1.807) is 0 Å².